The quantitative estimate of drug-likeness (QED) is 0.902. The topological polar surface area (TPSA) is 38.0 Å². The molecule has 0 spiro atoms. The van der Waals surface area contributed by atoms with E-state index in [1.165, 1.54) is 63.5 Å². The molecular formula is C16H26N2O. The number of aliphatic hydroxyl groups is 1. The summed E-state index contributed by atoms with van der Waals surface area (Å²) in [6.45, 7) is 0.323. The lowest BCUT2D eigenvalue weighted by molar-refractivity contribution is 0.0812. The van der Waals surface area contributed by atoms with Crippen LogP contribution in [0.1, 0.15) is 69.5 Å². The minimum atomic E-state index is 0.118. The van der Waals surface area contributed by atoms with Crippen molar-refractivity contribution in [3.05, 3.63) is 18.0 Å². The van der Waals surface area contributed by atoms with E-state index in [2.05, 4.69) is 16.9 Å². The molecule has 2 aliphatic rings. The minimum absolute atomic E-state index is 0.118. The third-order valence-electron chi connectivity index (χ3n) is 5.17. The molecule has 0 bridgehead atoms. The molecule has 1 N–H and O–H groups in total. The van der Waals surface area contributed by atoms with Crippen LogP contribution in [0.3, 0.4) is 0 Å². The highest BCUT2D eigenvalue weighted by molar-refractivity contribution is 5.05. The van der Waals surface area contributed by atoms with Gasteiger partial charge in [0.05, 0.1) is 11.7 Å². The SMILES string of the molecule is OCC1(Cc2ccn(C3CCCC3)n2)CCCCC1. The highest BCUT2D eigenvalue weighted by atomic mass is 16.3. The van der Waals surface area contributed by atoms with E-state index in [9.17, 15) is 5.11 Å². The highest BCUT2D eigenvalue weighted by Gasteiger charge is 2.32. The number of hydrogen-bond acceptors (Lipinski definition) is 2. The average molecular weight is 262 g/mol. The van der Waals surface area contributed by atoms with Gasteiger partial charge in [-0.05, 0) is 43.6 Å². The second-order valence-electron chi connectivity index (χ2n) is 6.62. The van der Waals surface area contributed by atoms with Crippen LogP contribution in [-0.4, -0.2) is 21.5 Å². The lowest BCUT2D eigenvalue weighted by atomic mass is 9.72. The summed E-state index contributed by atoms with van der Waals surface area (Å²) < 4.78 is 2.18. The predicted octanol–water partition coefficient (Wildman–Crippen LogP) is 3.48. The fraction of sp³-hybridized carbons (Fsp3) is 0.812. The van der Waals surface area contributed by atoms with Crippen LogP contribution in [0.4, 0.5) is 0 Å². The second-order valence-corrected chi connectivity index (χ2v) is 6.62. The van der Waals surface area contributed by atoms with Crippen molar-refractivity contribution in [3.8, 4) is 0 Å². The van der Waals surface area contributed by atoms with Crippen LogP contribution < -0.4 is 0 Å². The molecular weight excluding hydrogens is 236 g/mol. The van der Waals surface area contributed by atoms with E-state index < -0.39 is 0 Å². The molecule has 1 aromatic heterocycles. The predicted molar refractivity (Wildman–Crippen MR) is 76.0 cm³/mol. The molecule has 1 aromatic rings. The zero-order valence-corrected chi connectivity index (χ0v) is 11.9. The van der Waals surface area contributed by atoms with Crippen LogP contribution in [-0.2, 0) is 6.42 Å². The standard InChI is InChI=1S/C16H26N2O/c19-13-16(9-4-1-5-10-16)12-14-8-11-18(17-14)15-6-2-3-7-15/h8,11,15,19H,1-7,9-10,12-13H2. The first-order valence-electron chi connectivity index (χ1n) is 7.96. The molecule has 0 unspecified atom stereocenters. The maximum absolute atomic E-state index is 9.79. The van der Waals surface area contributed by atoms with Crippen molar-refractivity contribution in [2.45, 2.75) is 70.3 Å². The van der Waals surface area contributed by atoms with Gasteiger partial charge in [0.15, 0.2) is 0 Å². The molecule has 3 nitrogen and oxygen atoms in total. The molecule has 0 radical (unpaired) electrons. The summed E-state index contributed by atoms with van der Waals surface area (Å²) in [5.74, 6) is 0. The van der Waals surface area contributed by atoms with E-state index in [4.69, 9.17) is 5.10 Å². The molecule has 2 saturated carbocycles. The van der Waals surface area contributed by atoms with Crippen LogP contribution in [0, 0.1) is 5.41 Å². The summed E-state index contributed by atoms with van der Waals surface area (Å²) >= 11 is 0. The van der Waals surface area contributed by atoms with Gasteiger partial charge in [0.1, 0.15) is 0 Å². The molecule has 19 heavy (non-hydrogen) atoms. The van der Waals surface area contributed by atoms with Crippen molar-refractivity contribution in [2.75, 3.05) is 6.61 Å². The molecule has 0 saturated heterocycles. The van der Waals surface area contributed by atoms with Crippen LogP contribution in [0.5, 0.6) is 0 Å². The van der Waals surface area contributed by atoms with Gasteiger partial charge >= 0.3 is 0 Å². The van der Waals surface area contributed by atoms with Gasteiger partial charge in [0, 0.05) is 12.8 Å². The maximum atomic E-state index is 9.79. The number of aromatic nitrogens is 2. The Morgan fingerprint density at radius 2 is 1.89 bits per heavy atom. The van der Waals surface area contributed by atoms with Gasteiger partial charge in [0.2, 0.25) is 0 Å². The van der Waals surface area contributed by atoms with Gasteiger partial charge in [0.25, 0.3) is 0 Å². The first kappa shape index (κ1) is 13.2. The Balaban J connectivity index is 1.68. The van der Waals surface area contributed by atoms with Gasteiger partial charge in [-0.15, -0.1) is 0 Å². The largest absolute Gasteiger partial charge is 0.396 e. The normalized spacial score (nSPS) is 23.8. The van der Waals surface area contributed by atoms with Crippen molar-refractivity contribution in [3.63, 3.8) is 0 Å². The molecule has 0 aliphatic heterocycles. The summed E-state index contributed by atoms with van der Waals surface area (Å²) in [4.78, 5) is 0. The molecule has 2 aliphatic carbocycles. The molecule has 0 aromatic carbocycles. The third kappa shape index (κ3) is 2.86. The zero-order valence-electron chi connectivity index (χ0n) is 11.9. The van der Waals surface area contributed by atoms with Gasteiger partial charge in [-0.3, -0.25) is 4.68 Å². The van der Waals surface area contributed by atoms with Crippen molar-refractivity contribution >= 4 is 0 Å². The van der Waals surface area contributed by atoms with Crippen LogP contribution in [0.2, 0.25) is 0 Å². The van der Waals surface area contributed by atoms with E-state index in [0.29, 0.717) is 12.6 Å². The fourth-order valence-corrected chi connectivity index (χ4v) is 3.92. The molecule has 106 valence electrons. The Morgan fingerprint density at radius 1 is 1.16 bits per heavy atom. The summed E-state index contributed by atoms with van der Waals surface area (Å²) in [5.41, 5.74) is 1.30. The summed E-state index contributed by atoms with van der Waals surface area (Å²) in [7, 11) is 0. The van der Waals surface area contributed by atoms with Crippen LogP contribution >= 0.6 is 0 Å². The summed E-state index contributed by atoms with van der Waals surface area (Å²) in [5, 5.41) is 14.6. The van der Waals surface area contributed by atoms with E-state index in [-0.39, 0.29) is 5.41 Å². The van der Waals surface area contributed by atoms with E-state index >= 15 is 0 Å². The fourth-order valence-electron chi connectivity index (χ4n) is 3.92. The summed E-state index contributed by atoms with van der Waals surface area (Å²) in [6.07, 6.45) is 14.6. The Bertz CT molecular complexity index is 401. The maximum Gasteiger partial charge on any atom is 0.0631 e. The van der Waals surface area contributed by atoms with Gasteiger partial charge in [-0.2, -0.15) is 5.10 Å². The van der Waals surface area contributed by atoms with Crippen LogP contribution in [0.15, 0.2) is 12.3 Å². The first-order valence-corrected chi connectivity index (χ1v) is 7.96. The molecule has 1 heterocycles. The Kier molecular flexibility index (Phi) is 3.92. The number of hydrogen-bond donors (Lipinski definition) is 1. The second kappa shape index (κ2) is 5.66. The molecule has 3 rings (SSSR count). The van der Waals surface area contributed by atoms with E-state index in [0.717, 1.165) is 6.42 Å². The third-order valence-corrected chi connectivity index (χ3v) is 5.17. The average Bonchev–Trinajstić information content (AvgIpc) is 3.10. The molecule has 0 amide bonds. The van der Waals surface area contributed by atoms with Crippen LogP contribution in [0.25, 0.3) is 0 Å². The van der Waals surface area contributed by atoms with Crippen molar-refractivity contribution < 1.29 is 5.11 Å². The van der Waals surface area contributed by atoms with E-state index in [1.54, 1.807) is 0 Å². The Hall–Kier alpha value is -0.830. The minimum Gasteiger partial charge on any atom is -0.396 e. The summed E-state index contributed by atoms with van der Waals surface area (Å²) in [6, 6.07) is 2.80. The molecule has 2 fully saturated rings. The zero-order chi connectivity index (χ0) is 13.1. The lowest BCUT2D eigenvalue weighted by Crippen LogP contribution is -2.31. The number of nitrogens with zero attached hydrogens (tertiary/aromatic N) is 2. The van der Waals surface area contributed by atoms with E-state index in [1.807, 2.05) is 0 Å². The van der Waals surface area contributed by atoms with Gasteiger partial charge < -0.3 is 5.11 Å². The molecule has 0 atom stereocenters. The first-order chi connectivity index (χ1) is 9.31. The monoisotopic (exact) mass is 262 g/mol. The van der Waals surface area contributed by atoms with Crippen molar-refractivity contribution in [1.29, 1.82) is 0 Å². The number of rotatable bonds is 4. The van der Waals surface area contributed by atoms with Crippen molar-refractivity contribution in [2.24, 2.45) is 5.41 Å². The van der Waals surface area contributed by atoms with Gasteiger partial charge in [-0.25, -0.2) is 0 Å². The Morgan fingerprint density at radius 3 is 2.58 bits per heavy atom. The van der Waals surface area contributed by atoms with Crippen molar-refractivity contribution in [1.82, 2.24) is 9.78 Å². The molecule has 3 heteroatoms. The highest BCUT2D eigenvalue weighted by Crippen LogP contribution is 2.38. The smallest absolute Gasteiger partial charge is 0.0631 e. The lowest BCUT2D eigenvalue weighted by Gasteiger charge is -2.35. The number of aliphatic hydroxyl groups excluding tert-OH is 1. The van der Waals surface area contributed by atoms with Gasteiger partial charge in [-0.1, -0.05) is 32.1 Å². The Labute approximate surface area is 116 Å².